The smallest absolute Gasteiger partial charge is 0.0563 e. The molecule has 106 valence electrons. The van der Waals surface area contributed by atoms with Gasteiger partial charge in [-0.1, -0.05) is 74.6 Å². The third-order valence-corrected chi connectivity index (χ3v) is 3.87. The van der Waals surface area contributed by atoms with Gasteiger partial charge in [0.1, 0.15) is 0 Å². The maximum Gasteiger partial charge on any atom is 0.0563 e. The van der Waals surface area contributed by atoms with Crippen LogP contribution < -0.4 is 0 Å². The van der Waals surface area contributed by atoms with Gasteiger partial charge in [-0.3, -0.25) is 0 Å². The molecule has 0 radical (unpaired) electrons. The van der Waals surface area contributed by atoms with Gasteiger partial charge in [0.25, 0.3) is 0 Å². The van der Waals surface area contributed by atoms with Crippen LogP contribution in [-0.2, 0) is 10.2 Å². The van der Waals surface area contributed by atoms with E-state index in [0.29, 0.717) is 5.92 Å². The van der Waals surface area contributed by atoms with Crippen molar-refractivity contribution >= 4 is 0 Å². The Hall–Kier alpha value is -1.60. The molecule has 2 rings (SSSR count). The molecule has 0 heterocycles. The highest BCUT2D eigenvalue weighted by atomic mass is 16.5. The summed E-state index contributed by atoms with van der Waals surface area (Å²) in [5.74, 6) is 0.350. The van der Waals surface area contributed by atoms with Gasteiger partial charge in [0.15, 0.2) is 0 Å². The molecule has 0 aromatic heterocycles. The van der Waals surface area contributed by atoms with E-state index in [2.05, 4.69) is 74.6 Å². The Balaban J connectivity index is 2.27. The molecule has 1 aromatic carbocycles. The van der Waals surface area contributed by atoms with E-state index < -0.39 is 0 Å². The fourth-order valence-corrected chi connectivity index (χ4v) is 2.50. The summed E-state index contributed by atoms with van der Waals surface area (Å²) in [5.41, 5.74) is 2.69. The van der Waals surface area contributed by atoms with Crippen molar-refractivity contribution in [2.75, 3.05) is 13.2 Å². The lowest BCUT2D eigenvalue weighted by Gasteiger charge is -2.28. The summed E-state index contributed by atoms with van der Waals surface area (Å²) in [6.45, 7) is 8.12. The zero-order chi connectivity index (χ0) is 14.4. The van der Waals surface area contributed by atoms with Gasteiger partial charge in [0.05, 0.1) is 6.61 Å². The van der Waals surface area contributed by atoms with Crippen molar-refractivity contribution in [3.05, 3.63) is 71.8 Å². The summed E-state index contributed by atoms with van der Waals surface area (Å²) in [5, 5.41) is 0. The van der Waals surface area contributed by atoms with E-state index in [9.17, 15) is 0 Å². The second-order valence-electron chi connectivity index (χ2n) is 5.68. The second-order valence-corrected chi connectivity index (χ2v) is 5.68. The predicted molar refractivity (Wildman–Crippen MR) is 85.8 cm³/mol. The molecule has 0 fully saturated rings. The quantitative estimate of drug-likeness (QED) is 0.754. The highest BCUT2D eigenvalue weighted by molar-refractivity contribution is 5.42. The highest BCUT2D eigenvalue weighted by Gasteiger charge is 2.24. The number of hydrogen-bond acceptors (Lipinski definition) is 1. The molecule has 1 nitrogen and oxygen atoms in total. The summed E-state index contributed by atoms with van der Waals surface area (Å²) in [4.78, 5) is 0. The number of rotatable bonds is 5. The van der Waals surface area contributed by atoms with E-state index in [4.69, 9.17) is 4.74 Å². The van der Waals surface area contributed by atoms with Crippen LogP contribution in [0.5, 0.6) is 0 Å². The van der Waals surface area contributed by atoms with E-state index in [1.54, 1.807) is 0 Å². The fourth-order valence-electron chi connectivity index (χ4n) is 2.50. The summed E-state index contributed by atoms with van der Waals surface area (Å²) in [7, 11) is 0. The molecule has 1 unspecified atom stereocenters. The van der Waals surface area contributed by atoms with Gasteiger partial charge in [-0.05, 0) is 18.1 Å². The Bertz CT molecular complexity index is 506. The van der Waals surface area contributed by atoms with Gasteiger partial charge in [-0.2, -0.15) is 0 Å². The maximum absolute atomic E-state index is 5.57. The normalized spacial score (nSPS) is 18.8. The molecule has 0 aliphatic heterocycles. The molecule has 1 heteroatoms. The molecule has 0 spiro atoms. The molecule has 0 saturated heterocycles. The van der Waals surface area contributed by atoms with Gasteiger partial charge >= 0.3 is 0 Å². The van der Waals surface area contributed by atoms with Gasteiger partial charge in [-0.25, -0.2) is 0 Å². The summed E-state index contributed by atoms with van der Waals surface area (Å²) in [6.07, 6.45) is 11.0. The van der Waals surface area contributed by atoms with E-state index in [1.807, 2.05) is 6.92 Å². The van der Waals surface area contributed by atoms with Crippen LogP contribution in [0.25, 0.3) is 0 Å². The van der Waals surface area contributed by atoms with Crippen molar-refractivity contribution in [2.45, 2.75) is 26.2 Å². The van der Waals surface area contributed by atoms with Crippen molar-refractivity contribution in [1.29, 1.82) is 0 Å². The van der Waals surface area contributed by atoms with Crippen LogP contribution >= 0.6 is 0 Å². The standard InChI is InChI=1S/C19H24O/c1-4-20-15-16-10-8-9-13-18(14-16)19(2,3)17-11-6-5-7-12-17/h5-14,16H,4,15H2,1-3H3. The molecular weight excluding hydrogens is 244 g/mol. The summed E-state index contributed by atoms with van der Waals surface area (Å²) < 4.78 is 5.57. The van der Waals surface area contributed by atoms with Crippen LogP contribution in [0.2, 0.25) is 0 Å². The Morgan fingerprint density at radius 1 is 1.10 bits per heavy atom. The molecule has 0 bridgehead atoms. The Morgan fingerprint density at radius 3 is 2.55 bits per heavy atom. The van der Waals surface area contributed by atoms with Crippen molar-refractivity contribution in [3.63, 3.8) is 0 Å². The molecular formula is C19H24O. The van der Waals surface area contributed by atoms with E-state index in [1.165, 1.54) is 11.1 Å². The molecule has 1 aromatic rings. The molecule has 1 aliphatic carbocycles. The lowest BCUT2D eigenvalue weighted by Crippen LogP contribution is -2.20. The number of hydrogen-bond donors (Lipinski definition) is 0. The maximum atomic E-state index is 5.57. The van der Waals surface area contributed by atoms with Crippen LogP contribution in [0.4, 0.5) is 0 Å². The van der Waals surface area contributed by atoms with E-state index >= 15 is 0 Å². The Labute approximate surface area is 122 Å². The molecule has 0 saturated carbocycles. The average molecular weight is 268 g/mol. The fraction of sp³-hybridized carbons (Fsp3) is 0.368. The molecule has 0 amide bonds. The van der Waals surface area contributed by atoms with Crippen molar-refractivity contribution < 1.29 is 4.74 Å². The van der Waals surface area contributed by atoms with E-state index in [-0.39, 0.29) is 5.41 Å². The SMILES string of the molecule is CCOCC1C=CC=CC(C(C)(C)c2ccccc2)=C1. The molecule has 1 atom stereocenters. The third kappa shape index (κ3) is 3.49. The monoisotopic (exact) mass is 268 g/mol. The van der Waals surface area contributed by atoms with Crippen LogP contribution in [0.3, 0.4) is 0 Å². The Morgan fingerprint density at radius 2 is 1.85 bits per heavy atom. The van der Waals surface area contributed by atoms with Gasteiger partial charge < -0.3 is 4.74 Å². The number of benzene rings is 1. The Kier molecular flexibility index (Phi) is 4.97. The average Bonchev–Trinajstić information content (AvgIpc) is 2.72. The first-order valence-corrected chi connectivity index (χ1v) is 7.35. The van der Waals surface area contributed by atoms with Crippen molar-refractivity contribution in [1.82, 2.24) is 0 Å². The van der Waals surface area contributed by atoms with Crippen LogP contribution in [0.15, 0.2) is 66.3 Å². The third-order valence-electron chi connectivity index (χ3n) is 3.87. The van der Waals surface area contributed by atoms with Gasteiger partial charge in [0, 0.05) is 17.9 Å². The minimum absolute atomic E-state index is 0.00818. The lowest BCUT2D eigenvalue weighted by molar-refractivity contribution is 0.135. The minimum Gasteiger partial charge on any atom is -0.381 e. The first kappa shape index (κ1) is 14.8. The largest absolute Gasteiger partial charge is 0.381 e. The van der Waals surface area contributed by atoms with E-state index in [0.717, 1.165) is 13.2 Å². The first-order chi connectivity index (χ1) is 9.64. The molecule has 1 aliphatic rings. The van der Waals surface area contributed by atoms with Gasteiger partial charge in [0.2, 0.25) is 0 Å². The van der Waals surface area contributed by atoms with Crippen molar-refractivity contribution in [2.24, 2.45) is 5.92 Å². The molecule has 20 heavy (non-hydrogen) atoms. The van der Waals surface area contributed by atoms with Crippen LogP contribution in [0.1, 0.15) is 26.3 Å². The zero-order valence-corrected chi connectivity index (χ0v) is 12.7. The zero-order valence-electron chi connectivity index (χ0n) is 12.7. The van der Waals surface area contributed by atoms with Gasteiger partial charge in [-0.15, -0.1) is 0 Å². The van der Waals surface area contributed by atoms with Crippen LogP contribution in [0, 0.1) is 5.92 Å². The second kappa shape index (κ2) is 6.71. The number of ether oxygens (including phenoxy) is 1. The minimum atomic E-state index is 0.00818. The number of allylic oxidation sites excluding steroid dienone is 4. The summed E-state index contributed by atoms with van der Waals surface area (Å²) in [6, 6.07) is 10.7. The lowest BCUT2D eigenvalue weighted by atomic mass is 9.76. The highest BCUT2D eigenvalue weighted by Crippen LogP contribution is 2.34. The molecule has 0 N–H and O–H groups in total. The topological polar surface area (TPSA) is 9.23 Å². The summed E-state index contributed by atoms with van der Waals surface area (Å²) >= 11 is 0. The predicted octanol–water partition coefficient (Wildman–Crippen LogP) is 4.67. The van der Waals surface area contributed by atoms with Crippen molar-refractivity contribution in [3.8, 4) is 0 Å². The van der Waals surface area contributed by atoms with Crippen LogP contribution in [-0.4, -0.2) is 13.2 Å². The first-order valence-electron chi connectivity index (χ1n) is 7.35.